The monoisotopic (exact) mass is 436 g/mol. The number of aliphatic imine (C=N–C) groups is 1. The minimum absolute atomic E-state index is 0. The number of rotatable bonds is 11. The van der Waals surface area contributed by atoms with Gasteiger partial charge in [-0.2, -0.15) is 0 Å². The molecule has 2 N–H and O–H groups in total. The van der Waals surface area contributed by atoms with Crippen LogP contribution in [0.25, 0.3) is 0 Å². The van der Waals surface area contributed by atoms with Crippen LogP contribution in [0.2, 0.25) is 0 Å². The summed E-state index contributed by atoms with van der Waals surface area (Å²) in [6.07, 6.45) is 9.40. The van der Waals surface area contributed by atoms with Crippen LogP contribution >= 0.6 is 24.0 Å². The molecule has 0 radical (unpaired) electrons. The predicted molar refractivity (Wildman–Crippen MR) is 102 cm³/mol. The van der Waals surface area contributed by atoms with Crippen molar-refractivity contribution >= 4 is 29.9 Å². The van der Waals surface area contributed by atoms with Crippen molar-refractivity contribution in [3.8, 4) is 0 Å². The van der Waals surface area contributed by atoms with E-state index < -0.39 is 0 Å². The molecule has 0 amide bonds. The Kier molecular flexibility index (Phi) is 11.0. The number of halogens is 1. The van der Waals surface area contributed by atoms with Gasteiger partial charge in [-0.05, 0) is 38.0 Å². The van der Waals surface area contributed by atoms with Crippen molar-refractivity contribution in [3.05, 3.63) is 12.7 Å². The summed E-state index contributed by atoms with van der Waals surface area (Å²) in [5.41, 5.74) is 0. The van der Waals surface area contributed by atoms with Gasteiger partial charge in [-0.3, -0.25) is 4.99 Å². The van der Waals surface area contributed by atoms with Crippen molar-refractivity contribution in [2.24, 2.45) is 10.9 Å². The molecule has 132 valence electrons. The summed E-state index contributed by atoms with van der Waals surface area (Å²) in [6, 6.07) is 0. The lowest BCUT2D eigenvalue weighted by molar-refractivity contribution is 0.123. The number of guanidine groups is 1. The minimum atomic E-state index is 0. The predicted octanol–water partition coefficient (Wildman–Crippen LogP) is 1.66. The zero-order chi connectivity index (χ0) is 15.5. The zero-order valence-corrected chi connectivity index (χ0v) is 16.2. The van der Waals surface area contributed by atoms with Crippen LogP contribution in [-0.2, 0) is 11.3 Å². The van der Waals surface area contributed by atoms with E-state index >= 15 is 0 Å². The number of hydrogen-bond acceptors (Lipinski definition) is 4. The van der Waals surface area contributed by atoms with Crippen LogP contribution in [0.1, 0.15) is 32.1 Å². The first-order valence-corrected chi connectivity index (χ1v) is 8.23. The highest BCUT2D eigenvalue weighted by Crippen LogP contribution is 2.28. The van der Waals surface area contributed by atoms with E-state index in [-0.39, 0.29) is 24.0 Å². The van der Waals surface area contributed by atoms with Gasteiger partial charge in [0.05, 0.1) is 0 Å². The van der Waals surface area contributed by atoms with Crippen molar-refractivity contribution in [1.82, 2.24) is 25.4 Å². The Morgan fingerprint density at radius 2 is 1.87 bits per heavy atom. The second kappa shape index (κ2) is 12.5. The Morgan fingerprint density at radius 1 is 1.17 bits per heavy atom. The summed E-state index contributed by atoms with van der Waals surface area (Å²) in [6.45, 7) is 4.54. The Bertz CT molecular complexity index is 422. The standard InChI is InChI=1S/C15H28N6O.HI/c1-16-15(18-8-4-10-22-11-14-5-6-14)17-7-2-3-9-21-12-19-20-13-21;/h12-14H,2-11H2,1H3,(H2,16,17,18);1H. The zero-order valence-electron chi connectivity index (χ0n) is 13.9. The maximum Gasteiger partial charge on any atom is 0.190 e. The Balaban J connectivity index is 0.00000264. The summed E-state index contributed by atoms with van der Waals surface area (Å²) in [7, 11) is 1.80. The van der Waals surface area contributed by atoms with Crippen LogP contribution in [0, 0.1) is 5.92 Å². The summed E-state index contributed by atoms with van der Waals surface area (Å²) < 4.78 is 7.60. The molecule has 23 heavy (non-hydrogen) atoms. The lowest BCUT2D eigenvalue weighted by Crippen LogP contribution is -2.38. The number of nitrogens with one attached hydrogen (secondary N) is 2. The fourth-order valence-corrected chi connectivity index (χ4v) is 2.10. The van der Waals surface area contributed by atoms with Gasteiger partial charge >= 0.3 is 0 Å². The molecule has 0 unspecified atom stereocenters. The van der Waals surface area contributed by atoms with Gasteiger partial charge in [-0.25, -0.2) is 0 Å². The Morgan fingerprint density at radius 3 is 2.52 bits per heavy atom. The third-order valence-electron chi connectivity index (χ3n) is 3.63. The van der Waals surface area contributed by atoms with Crippen molar-refractivity contribution in [3.63, 3.8) is 0 Å². The molecule has 0 saturated heterocycles. The summed E-state index contributed by atoms with van der Waals surface area (Å²) >= 11 is 0. The van der Waals surface area contributed by atoms with Gasteiger partial charge in [-0.1, -0.05) is 0 Å². The smallest absolute Gasteiger partial charge is 0.190 e. The molecule has 0 aliphatic heterocycles. The van der Waals surface area contributed by atoms with E-state index in [9.17, 15) is 0 Å². The molecule has 1 fully saturated rings. The van der Waals surface area contributed by atoms with Gasteiger partial charge in [0, 0.05) is 39.9 Å². The number of unbranched alkanes of at least 4 members (excludes halogenated alkanes) is 1. The molecule has 0 bridgehead atoms. The summed E-state index contributed by atoms with van der Waals surface area (Å²) in [4.78, 5) is 4.22. The fourth-order valence-electron chi connectivity index (χ4n) is 2.10. The van der Waals surface area contributed by atoms with Crippen LogP contribution in [0.5, 0.6) is 0 Å². The van der Waals surface area contributed by atoms with Crippen molar-refractivity contribution in [2.75, 3.05) is 33.4 Å². The normalized spacial score (nSPS) is 14.4. The van der Waals surface area contributed by atoms with E-state index in [0.29, 0.717) is 0 Å². The number of hydrogen-bond donors (Lipinski definition) is 2. The number of aromatic nitrogens is 3. The van der Waals surface area contributed by atoms with E-state index in [4.69, 9.17) is 4.74 Å². The number of ether oxygens (including phenoxy) is 1. The third kappa shape index (κ3) is 9.75. The molecule has 1 aliphatic rings. The average molecular weight is 436 g/mol. The second-order valence-corrected chi connectivity index (χ2v) is 5.70. The maximum atomic E-state index is 5.61. The third-order valence-corrected chi connectivity index (χ3v) is 3.63. The van der Waals surface area contributed by atoms with E-state index in [1.54, 1.807) is 19.7 Å². The number of nitrogens with zero attached hydrogens (tertiary/aromatic N) is 4. The summed E-state index contributed by atoms with van der Waals surface area (Å²) in [5, 5.41) is 14.2. The Hall–Kier alpha value is -0.900. The molecular formula is C15H29IN6O. The molecule has 0 aromatic carbocycles. The van der Waals surface area contributed by atoms with Crippen LogP contribution in [0.15, 0.2) is 17.6 Å². The molecular weight excluding hydrogens is 407 g/mol. The van der Waals surface area contributed by atoms with E-state index in [1.165, 1.54) is 12.8 Å². The molecule has 2 rings (SSSR count). The van der Waals surface area contributed by atoms with Crippen molar-refractivity contribution in [2.45, 2.75) is 38.6 Å². The first-order valence-electron chi connectivity index (χ1n) is 8.23. The van der Waals surface area contributed by atoms with Crippen LogP contribution in [0.4, 0.5) is 0 Å². The van der Waals surface area contributed by atoms with E-state index in [2.05, 4.69) is 25.8 Å². The fraction of sp³-hybridized carbons (Fsp3) is 0.800. The van der Waals surface area contributed by atoms with Crippen LogP contribution in [0.3, 0.4) is 0 Å². The minimum Gasteiger partial charge on any atom is -0.381 e. The first-order chi connectivity index (χ1) is 10.9. The Labute approximate surface area is 155 Å². The molecule has 1 aliphatic carbocycles. The quantitative estimate of drug-likeness (QED) is 0.239. The first kappa shape index (κ1) is 20.1. The highest BCUT2D eigenvalue weighted by molar-refractivity contribution is 14.0. The summed E-state index contributed by atoms with van der Waals surface area (Å²) in [5.74, 6) is 1.71. The highest BCUT2D eigenvalue weighted by atomic mass is 127. The van der Waals surface area contributed by atoms with Crippen molar-refractivity contribution < 1.29 is 4.74 Å². The van der Waals surface area contributed by atoms with E-state index in [1.807, 2.05) is 4.57 Å². The molecule has 0 spiro atoms. The van der Waals surface area contributed by atoms with Gasteiger partial charge in [0.1, 0.15) is 12.7 Å². The largest absolute Gasteiger partial charge is 0.381 e. The van der Waals surface area contributed by atoms with E-state index in [0.717, 1.165) is 64.0 Å². The second-order valence-electron chi connectivity index (χ2n) is 5.70. The topological polar surface area (TPSA) is 76.4 Å². The van der Waals surface area contributed by atoms with Gasteiger partial charge in [-0.15, -0.1) is 34.2 Å². The van der Waals surface area contributed by atoms with Gasteiger partial charge in [0.25, 0.3) is 0 Å². The van der Waals surface area contributed by atoms with Gasteiger partial charge in [0.15, 0.2) is 5.96 Å². The molecule has 1 saturated carbocycles. The van der Waals surface area contributed by atoms with Crippen molar-refractivity contribution in [1.29, 1.82) is 0 Å². The molecule has 1 aromatic rings. The SMILES string of the molecule is CN=C(NCCCCn1cnnc1)NCCCOCC1CC1.I. The van der Waals surface area contributed by atoms with Crippen LogP contribution < -0.4 is 10.6 Å². The van der Waals surface area contributed by atoms with Crippen LogP contribution in [-0.4, -0.2) is 54.1 Å². The molecule has 1 heterocycles. The lowest BCUT2D eigenvalue weighted by Gasteiger charge is -2.12. The molecule has 0 atom stereocenters. The molecule has 8 heteroatoms. The average Bonchev–Trinajstić information content (AvgIpc) is 3.21. The molecule has 7 nitrogen and oxygen atoms in total. The highest BCUT2D eigenvalue weighted by Gasteiger charge is 2.20. The lowest BCUT2D eigenvalue weighted by atomic mass is 10.3. The van der Waals surface area contributed by atoms with Gasteiger partial charge in [0.2, 0.25) is 0 Å². The van der Waals surface area contributed by atoms with Gasteiger partial charge < -0.3 is 19.9 Å². The molecule has 1 aromatic heterocycles. The number of aryl methyl sites for hydroxylation is 1. The maximum absolute atomic E-state index is 5.61.